The lowest BCUT2D eigenvalue weighted by atomic mass is 10.0. The van der Waals surface area contributed by atoms with E-state index in [1.807, 2.05) is 50.2 Å². The maximum Gasteiger partial charge on any atom is 0.228 e. The van der Waals surface area contributed by atoms with Gasteiger partial charge in [-0.2, -0.15) is 0 Å². The monoisotopic (exact) mass is 350 g/mol. The third-order valence-electron chi connectivity index (χ3n) is 4.43. The minimum atomic E-state index is 0.0294. The first kappa shape index (κ1) is 17.7. The molecular weight excluding hydrogens is 328 g/mol. The molecule has 0 radical (unpaired) electrons. The summed E-state index contributed by atoms with van der Waals surface area (Å²) in [5.74, 6) is 0.766. The zero-order valence-corrected chi connectivity index (χ0v) is 15.0. The van der Waals surface area contributed by atoms with Gasteiger partial charge in [-0.05, 0) is 42.7 Å². The lowest BCUT2D eigenvalue weighted by Crippen LogP contribution is -2.03. The lowest BCUT2D eigenvalue weighted by molar-refractivity contribution is -0.115. The molecule has 2 heterocycles. The van der Waals surface area contributed by atoms with Gasteiger partial charge in [-0.1, -0.05) is 30.8 Å². The van der Waals surface area contributed by atoms with Crippen LogP contribution < -0.4 is 10.6 Å². The van der Waals surface area contributed by atoms with Crippen molar-refractivity contribution < 1.29 is 14.3 Å². The van der Waals surface area contributed by atoms with Crippen LogP contribution >= 0.6 is 0 Å². The number of amides is 2. The SMILES string of the molecule is C=C(OCC)c1cccc2c1CC(=O)N2.Cc1cccc2c1CC(=O)N2. The maximum absolute atomic E-state index is 11.3. The summed E-state index contributed by atoms with van der Waals surface area (Å²) in [6.45, 7) is 8.38. The fourth-order valence-electron chi connectivity index (χ4n) is 3.17. The van der Waals surface area contributed by atoms with Crippen molar-refractivity contribution in [2.45, 2.75) is 26.7 Å². The van der Waals surface area contributed by atoms with Gasteiger partial charge in [0.25, 0.3) is 0 Å². The molecule has 0 saturated heterocycles. The molecule has 134 valence electrons. The number of nitrogens with one attached hydrogen (secondary N) is 2. The third kappa shape index (κ3) is 3.61. The number of hydrogen-bond acceptors (Lipinski definition) is 3. The van der Waals surface area contributed by atoms with Crippen molar-refractivity contribution in [1.82, 2.24) is 0 Å². The van der Waals surface area contributed by atoms with Gasteiger partial charge in [-0.15, -0.1) is 0 Å². The first-order valence-electron chi connectivity index (χ1n) is 8.61. The second-order valence-electron chi connectivity index (χ2n) is 6.24. The van der Waals surface area contributed by atoms with Gasteiger partial charge in [0.05, 0.1) is 19.4 Å². The van der Waals surface area contributed by atoms with E-state index in [0.717, 1.165) is 28.1 Å². The smallest absolute Gasteiger partial charge is 0.228 e. The van der Waals surface area contributed by atoms with E-state index in [0.29, 0.717) is 25.2 Å². The molecule has 5 nitrogen and oxygen atoms in total. The Morgan fingerprint density at radius 3 is 2.19 bits per heavy atom. The van der Waals surface area contributed by atoms with Crippen LogP contribution in [0.2, 0.25) is 0 Å². The van der Waals surface area contributed by atoms with Crippen LogP contribution in [-0.2, 0) is 27.2 Å². The summed E-state index contributed by atoms with van der Waals surface area (Å²) in [7, 11) is 0. The number of rotatable bonds is 3. The number of anilines is 2. The van der Waals surface area contributed by atoms with Crippen LogP contribution in [0.1, 0.15) is 29.2 Å². The molecule has 2 aliphatic rings. The predicted octanol–water partition coefficient (Wildman–Crippen LogP) is 3.68. The highest BCUT2D eigenvalue weighted by molar-refractivity contribution is 6.01. The molecule has 2 N–H and O–H groups in total. The van der Waals surface area contributed by atoms with E-state index in [1.54, 1.807) is 0 Å². The summed E-state index contributed by atoms with van der Waals surface area (Å²) in [6, 6.07) is 11.6. The van der Waals surface area contributed by atoms with Gasteiger partial charge in [0.15, 0.2) is 0 Å². The molecular formula is C21H22N2O3. The summed E-state index contributed by atoms with van der Waals surface area (Å²) in [5, 5.41) is 5.60. The molecule has 0 aromatic heterocycles. The van der Waals surface area contributed by atoms with E-state index >= 15 is 0 Å². The molecule has 5 heteroatoms. The highest BCUT2D eigenvalue weighted by atomic mass is 16.5. The highest BCUT2D eigenvalue weighted by Gasteiger charge is 2.21. The van der Waals surface area contributed by atoms with Crippen molar-refractivity contribution in [2.75, 3.05) is 17.2 Å². The van der Waals surface area contributed by atoms with Crippen LogP contribution in [0.4, 0.5) is 11.4 Å². The number of aryl methyl sites for hydroxylation is 1. The molecule has 0 bridgehead atoms. The number of carbonyl (C=O) groups excluding carboxylic acids is 2. The van der Waals surface area contributed by atoms with Crippen molar-refractivity contribution in [2.24, 2.45) is 0 Å². The van der Waals surface area contributed by atoms with Gasteiger partial charge in [0.2, 0.25) is 11.8 Å². The normalized spacial score (nSPS) is 13.8. The number of benzene rings is 2. The van der Waals surface area contributed by atoms with Gasteiger partial charge in [0.1, 0.15) is 5.76 Å². The Kier molecular flexibility index (Phi) is 5.07. The quantitative estimate of drug-likeness (QED) is 0.830. The van der Waals surface area contributed by atoms with Crippen LogP contribution in [0.3, 0.4) is 0 Å². The minimum absolute atomic E-state index is 0.0294. The van der Waals surface area contributed by atoms with Crippen LogP contribution in [-0.4, -0.2) is 18.4 Å². The topological polar surface area (TPSA) is 67.4 Å². The summed E-state index contributed by atoms with van der Waals surface area (Å²) in [5.41, 5.74) is 6.11. The molecule has 0 spiro atoms. The molecule has 4 rings (SSSR count). The van der Waals surface area contributed by atoms with E-state index in [9.17, 15) is 9.59 Å². The number of fused-ring (bicyclic) bond motifs is 2. The Hall–Kier alpha value is -3.08. The fraction of sp³-hybridized carbons (Fsp3) is 0.238. The molecule has 2 aromatic carbocycles. The summed E-state index contributed by atoms with van der Waals surface area (Å²) >= 11 is 0. The molecule has 2 aromatic rings. The van der Waals surface area contributed by atoms with E-state index in [4.69, 9.17) is 4.74 Å². The third-order valence-corrected chi connectivity index (χ3v) is 4.43. The molecule has 0 aliphatic carbocycles. The molecule has 2 amide bonds. The standard InChI is InChI=1S/C12H13NO2.C9H9NO/c1-3-15-8(2)9-5-4-6-11-10(9)7-12(14)13-11;1-6-3-2-4-8-7(6)5-9(11)10-8/h4-6H,2-3,7H2,1H3,(H,13,14);2-4H,5H2,1H3,(H,10,11). The maximum atomic E-state index is 11.3. The zero-order chi connectivity index (χ0) is 18.7. The van der Waals surface area contributed by atoms with Crippen LogP contribution in [0, 0.1) is 6.92 Å². The Morgan fingerprint density at radius 2 is 1.58 bits per heavy atom. The molecule has 0 saturated carbocycles. The number of carbonyl (C=O) groups is 2. The van der Waals surface area contributed by atoms with Crippen molar-refractivity contribution in [3.63, 3.8) is 0 Å². The van der Waals surface area contributed by atoms with Crippen molar-refractivity contribution in [3.05, 3.63) is 65.2 Å². The van der Waals surface area contributed by atoms with Gasteiger partial charge >= 0.3 is 0 Å². The van der Waals surface area contributed by atoms with Crippen LogP contribution in [0.5, 0.6) is 0 Å². The van der Waals surface area contributed by atoms with Crippen LogP contribution in [0.25, 0.3) is 5.76 Å². The zero-order valence-electron chi connectivity index (χ0n) is 15.0. The predicted molar refractivity (Wildman–Crippen MR) is 103 cm³/mol. The van der Waals surface area contributed by atoms with Gasteiger partial charge < -0.3 is 15.4 Å². The average molecular weight is 350 g/mol. The Balaban J connectivity index is 0.000000158. The Bertz CT molecular complexity index is 887. The Morgan fingerprint density at radius 1 is 1.00 bits per heavy atom. The van der Waals surface area contributed by atoms with Gasteiger partial charge in [0, 0.05) is 16.9 Å². The van der Waals surface area contributed by atoms with Crippen molar-refractivity contribution >= 4 is 28.9 Å². The molecule has 0 unspecified atom stereocenters. The fourth-order valence-corrected chi connectivity index (χ4v) is 3.17. The number of hydrogen-bond donors (Lipinski definition) is 2. The Labute approximate surface area is 153 Å². The molecule has 0 atom stereocenters. The first-order chi connectivity index (χ1) is 12.5. The van der Waals surface area contributed by atoms with Crippen molar-refractivity contribution in [1.29, 1.82) is 0 Å². The van der Waals surface area contributed by atoms with Crippen LogP contribution in [0.15, 0.2) is 43.0 Å². The number of ether oxygens (including phenoxy) is 1. The molecule has 2 aliphatic heterocycles. The highest BCUT2D eigenvalue weighted by Crippen LogP contribution is 2.30. The van der Waals surface area contributed by atoms with E-state index < -0.39 is 0 Å². The lowest BCUT2D eigenvalue weighted by Gasteiger charge is -2.10. The molecule has 0 fully saturated rings. The second-order valence-corrected chi connectivity index (χ2v) is 6.24. The summed E-state index contributed by atoms with van der Waals surface area (Å²) in [4.78, 5) is 22.2. The first-order valence-corrected chi connectivity index (χ1v) is 8.61. The second kappa shape index (κ2) is 7.44. The average Bonchev–Trinajstić information content (AvgIpc) is 3.17. The van der Waals surface area contributed by atoms with E-state index in [-0.39, 0.29) is 11.8 Å². The molecule has 26 heavy (non-hydrogen) atoms. The summed E-state index contributed by atoms with van der Waals surface area (Å²) < 4.78 is 5.35. The van der Waals surface area contributed by atoms with Gasteiger partial charge in [-0.25, -0.2) is 0 Å². The minimum Gasteiger partial charge on any atom is -0.494 e. The summed E-state index contributed by atoms with van der Waals surface area (Å²) in [6.07, 6.45) is 0.958. The van der Waals surface area contributed by atoms with E-state index in [1.165, 1.54) is 5.56 Å². The van der Waals surface area contributed by atoms with E-state index in [2.05, 4.69) is 17.2 Å². The van der Waals surface area contributed by atoms with Gasteiger partial charge in [-0.3, -0.25) is 9.59 Å². The van der Waals surface area contributed by atoms with Crippen molar-refractivity contribution in [3.8, 4) is 0 Å². The largest absolute Gasteiger partial charge is 0.494 e.